The SMILES string of the molecule is Cc1ccc(C(C)NC(=O)c2ccc(Cl)o2)c(C)c1. The molecule has 100 valence electrons. The molecule has 4 heteroatoms. The maximum Gasteiger partial charge on any atom is 0.287 e. The number of hydrogen-bond donors (Lipinski definition) is 1. The number of benzene rings is 1. The zero-order valence-corrected chi connectivity index (χ0v) is 11.9. The second-order valence-electron chi connectivity index (χ2n) is 4.66. The average Bonchev–Trinajstić information content (AvgIpc) is 2.75. The lowest BCUT2D eigenvalue weighted by Gasteiger charge is -2.16. The van der Waals surface area contributed by atoms with Gasteiger partial charge in [-0.05, 0) is 55.6 Å². The van der Waals surface area contributed by atoms with E-state index in [2.05, 4.69) is 11.4 Å². The van der Waals surface area contributed by atoms with Gasteiger partial charge in [-0.2, -0.15) is 0 Å². The number of nitrogens with one attached hydrogen (secondary N) is 1. The van der Waals surface area contributed by atoms with Gasteiger partial charge in [0, 0.05) is 0 Å². The minimum Gasteiger partial charge on any atom is -0.440 e. The fourth-order valence-corrected chi connectivity index (χ4v) is 2.24. The summed E-state index contributed by atoms with van der Waals surface area (Å²) >= 11 is 5.65. The molecule has 3 nitrogen and oxygen atoms in total. The molecule has 0 bridgehead atoms. The number of aryl methyl sites for hydroxylation is 2. The summed E-state index contributed by atoms with van der Waals surface area (Å²) in [5.41, 5.74) is 3.46. The number of furan rings is 1. The van der Waals surface area contributed by atoms with Gasteiger partial charge in [0.25, 0.3) is 5.91 Å². The largest absolute Gasteiger partial charge is 0.440 e. The predicted molar refractivity (Wildman–Crippen MR) is 75.5 cm³/mol. The third kappa shape index (κ3) is 3.18. The second-order valence-corrected chi connectivity index (χ2v) is 5.03. The van der Waals surface area contributed by atoms with Crippen LogP contribution in [0.1, 0.15) is 40.2 Å². The van der Waals surface area contributed by atoms with Crippen LogP contribution in [-0.4, -0.2) is 5.91 Å². The summed E-state index contributed by atoms with van der Waals surface area (Å²) < 4.78 is 5.08. The van der Waals surface area contributed by atoms with Gasteiger partial charge < -0.3 is 9.73 Å². The van der Waals surface area contributed by atoms with Gasteiger partial charge in [0.2, 0.25) is 0 Å². The third-order valence-corrected chi connectivity index (χ3v) is 3.24. The summed E-state index contributed by atoms with van der Waals surface area (Å²) in [6.07, 6.45) is 0. The number of carbonyl (C=O) groups excluding carboxylic acids is 1. The van der Waals surface area contributed by atoms with Crippen molar-refractivity contribution in [1.29, 1.82) is 0 Å². The summed E-state index contributed by atoms with van der Waals surface area (Å²) in [7, 11) is 0. The van der Waals surface area contributed by atoms with Gasteiger partial charge in [-0.1, -0.05) is 23.8 Å². The molecule has 1 heterocycles. The first-order valence-corrected chi connectivity index (χ1v) is 6.48. The van der Waals surface area contributed by atoms with Crippen LogP contribution in [0.15, 0.2) is 34.7 Å². The van der Waals surface area contributed by atoms with Crippen molar-refractivity contribution < 1.29 is 9.21 Å². The van der Waals surface area contributed by atoms with Gasteiger partial charge >= 0.3 is 0 Å². The van der Waals surface area contributed by atoms with Crippen LogP contribution in [0.5, 0.6) is 0 Å². The zero-order chi connectivity index (χ0) is 14.0. The van der Waals surface area contributed by atoms with Gasteiger partial charge in [0.1, 0.15) is 0 Å². The van der Waals surface area contributed by atoms with Crippen molar-refractivity contribution in [3.63, 3.8) is 0 Å². The molecule has 0 saturated heterocycles. The Balaban J connectivity index is 2.12. The molecular formula is C15H16ClNO2. The summed E-state index contributed by atoms with van der Waals surface area (Å²) in [6, 6.07) is 9.20. The molecule has 0 aliphatic heterocycles. The number of hydrogen-bond acceptors (Lipinski definition) is 2. The van der Waals surface area contributed by atoms with E-state index in [4.69, 9.17) is 16.0 Å². The van der Waals surface area contributed by atoms with E-state index in [0.717, 1.165) is 11.1 Å². The zero-order valence-electron chi connectivity index (χ0n) is 11.2. The molecule has 1 atom stereocenters. The Hall–Kier alpha value is -1.74. The first-order valence-electron chi connectivity index (χ1n) is 6.10. The fraction of sp³-hybridized carbons (Fsp3) is 0.267. The highest BCUT2D eigenvalue weighted by Gasteiger charge is 2.15. The Morgan fingerprint density at radius 1 is 1.26 bits per heavy atom. The van der Waals surface area contributed by atoms with Crippen molar-refractivity contribution in [2.75, 3.05) is 0 Å². The highest BCUT2D eigenvalue weighted by Crippen LogP contribution is 2.20. The Bertz CT molecular complexity index is 604. The molecule has 1 aromatic carbocycles. The quantitative estimate of drug-likeness (QED) is 0.920. The molecule has 1 aromatic heterocycles. The van der Waals surface area contributed by atoms with Crippen molar-refractivity contribution in [1.82, 2.24) is 5.32 Å². The Morgan fingerprint density at radius 2 is 2.00 bits per heavy atom. The number of halogens is 1. The van der Waals surface area contributed by atoms with Crippen LogP contribution in [0.3, 0.4) is 0 Å². The van der Waals surface area contributed by atoms with E-state index >= 15 is 0 Å². The standard InChI is InChI=1S/C15H16ClNO2/c1-9-4-5-12(10(2)8-9)11(3)17-15(18)13-6-7-14(16)19-13/h4-8,11H,1-3H3,(H,17,18). The average molecular weight is 278 g/mol. The molecule has 19 heavy (non-hydrogen) atoms. The van der Waals surface area contributed by atoms with Gasteiger partial charge in [-0.3, -0.25) is 4.79 Å². The van der Waals surface area contributed by atoms with Crippen LogP contribution in [0.4, 0.5) is 0 Å². The molecule has 2 aromatic rings. The van der Waals surface area contributed by atoms with Crippen molar-refractivity contribution in [2.24, 2.45) is 0 Å². The van der Waals surface area contributed by atoms with Gasteiger partial charge in [-0.15, -0.1) is 0 Å². The molecule has 2 rings (SSSR count). The lowest BCUT2D eigenvalue weighted by atomic mass is 10.0. The third-order valence-electron chi connectivity index (χ3n) is 3.04. The lowest BCUT2D eigenvalue weighted by molar-refractivity contribution is 0.0912. The smallest absolute Gasteiger partial charge is 0.287 e. The van der Waals surface area contributed by atoms with Crippen LogP contribution in [0.2, 0.25) is 5.22 Å². The number of carbonyl (C=O) groups is 1. The van der Waals surface area contributed by atoms with Gasteiger partial charge in [0.15, 0.2) is 11.0 Å². The molecule has 1 unspecified atom stereocenters. The van der Waals surface area contributed by atoms with E-state index in [1.54, 1.807) is 12.1 Å². The highest BCUT2D eigenvalue weighted by atomic mass is 35.5. The summed E-state index contributed by atoms with van der Waals surface area (Å²) in [5, 5.41) is 3.11. The normalized spacial score (nSPS) is 12.2. The molecule has 0 aliphatic carbocycles. The Kier molecular flexibility index (Phi) is 3.96. The van der Waals surface area contributed by atoms with Crippen molar-refractivity contribution >= 4 is 17.5 Å². The first-order chi connectivity index (χ1) is 8.97. The van der Waals surface area contributed by atoms with E-state index in [1.165, 1.54) is 5.56 Å². The van der Waals surface area contributed by atoms with Crippen LogP contribution >= 0.6 is 11.6 Å². The molecule has 0 spiro atoms. The highest BCUT2D eigenvalue weighted by molar-refractivity contribution is 6.29. The van der Waals surface area contributed by atoms with E-state index in [1.807, 2.05) is 32.9 Å². The summed E-state index contributed by atoms with van der Waals surface area (Å²) in [6.45, 7) is 6.03. The van der Waals surface area contributed by atoms with E-state index in [0.29, 0.717) is 0 Å². The summed E-state index contributed by atoms with van der Waals surface area (Å²) in [4.78, 5) is 12.0. The summed E-state index contributed by atoms with van der Waals surface area (Å²) in [5.74, 6) is -0.0408. The van der Waals surface area contributed by atoms with Crippen molar-refractivity contribution in [2.45, 2.75) is 26.8 Å². The molecule has 0 radical (unpaired) electrons. The molecule has 1 N–H and O–H groups in total. The number of rotatable bonds is 3. The maximum absolute atomic E-state index is 12.0. The molecular weight excluding hydrogens is 262 g/mol. The fourth-order valence-electron chi connectivity index (χ4n) is 2.09. The molecule has 0 saturated carbocycles. The minimum absolute atomic E-state index is 0.0861. The maximum atomic E-state index is 12.0. The Labute approximate surface area is 117 Å². The van der Waals surface area contributed by atoms with E-state index < -0.39 is 0 Å². The van der Waals surface area contributed by atoms with E-state index in [-0.39, 0.29) is 22.9 Å². The molecule has 0 aliphatic rings. The lowest BCUT2D eigenvalue weighted by Crippen LogP contribution is -2.26. The van der Waals surface area contributed by atoms with Crippen LogP contribution in [-0.2, 0) is 0 Å². The van der Waals surface area contributed by atoms with Crippen LogP contribution in [0.25, 0.3) is 0 Å². The van der Waals surface area contributed by atoms with Gasteiger partial charge in [0.05, 0.1) is 6.04 Å². The monoisotopic (exact) mass is 277 g/mol. The molecule has 0 fully saturated rings. The van der Waals surface area contributed by atoms with Crippen LogP contribution in [0, 0.1) is 13.8 Å². The van der Waals surface area contributed by atoms with E-state index in [9.17, 15) is 4.79 Å². The first kappa shape index (κ1) is 13.7. The van der Waals surface area contributed by atoms with Crippen LogP contribution < -0.4 is 5.32 Å². The number of amides is 1. The van der Waals surface area contributed by atoms with Gasteiger partial charge in [-0.25, -0.2) is 0 Å². The second kappa shape index (κ2) is 5.49. The molecule has 1 amide bonds. The topological polar surface area (TPSA) is 42.2 Å². The van der Waals surface area contributed by atoms with Crippen molar-refractivity contribution in [3.05, 3.63) is 58.0 Å². The Morgan fingerprint density at radius 3 is 2.58 bits per heavy atom. The minimum atomic E-state index is -0.264. The van der Waals surface area contributed by atoms with Crippen molar-refractivity contribution in [3.8, 4) is 0 Å². The predicted octanol–water partition coefficient (Wildman–Crippen LogP) is 4.04.